The SMILES string of the molecule is CC(Nc1nc(Nc2cccc([N+](=O)[O-])c2)nc2ccccc12)c1ccccc1. The van der Waals surface area contributed by atoms with Crippen molar-refractivity contribution < 1.29 is 4.92 Å². The maximum absolute atomic E-state index is 11.0. The number of nitrogens with one attached hydrogen (secondary N) is 2. The number of fused-ring (bicyclic) bond motifs is 1. The summed E-state index contributed by atoms with van der Waals surface area (Å²) in [4.78, 5) is 19.8. The van der Waals surface area contributed by atoms with E-state index in [9.17, 15) is 10.1 Å². The minimum atomic E-state index is -0.430. The van der Waals surface area contributed by atoms with Gasteiger partial charge in [-0.2, -0.15) is 4.98 Å². The predicted molar refractivity (Wildman–Crippen MR) is 114 cm³/mol. The van der Waals surface area contributed by atoms with Crippen LogP contribution in [-0.4, -0.2) is 14.9 Å². The van der Waals surface area contributed by atoms with Crippen LogP contribution in [0, 0.1) is 10.1 Å². The van der Waals surface area contributed by atoms with Crippen LogP contribution in [0.25, 0.3) is 10.9 Å². The number of benzene rings is 3. The van der Waals surface area contributed by atoms with E-state index >= 15 is 0 Å². The molecule has 2 N–H and O–H groups in total. The van der Waals surface area contributed by atoms with Gasteiger partial charge in [0.05, 0.1) is 10.4 Å². The molecule has 144 valence electrons. The van der Waals surface area contributed by atoms with Gasteiger partial charge in [0.25, 0.3) is 5.69 Å². The Bertz CT molecular complexity index is 1160. The van der Waals surface area contributed by atoms with Crippen LogP contribution < -0.4 is 10.6 Å². The van der Waals surface area contributed by atoms with E-state index < -0.39 is 4.92 Å². The Hall–Kier alpha value is -4.00. The first-order valence-corrected chi connectivity index (χ1v) is 9.20. The van der Waals surface area contributed by atoms with Crippen molar-refractivity contribution in [2.75, 3.05) is 10.6 Å². The quantitative estimate of drug-likeness (QED) is 0.338. The zero-order chi connectivity index (χ0) is 20.2. The maximum atomic E-state index is 11.0. The number of hydrogen-bond donors (Lipinski definition) is 2. The van der Waals surface area contributed by atoms with Crippen LogP contribution in [0.4, 0.5) is 23.1 Å². The van der Waals surface area contributed by atoms with Gasteiger partial charge in [-0.1, -0.05) is 48.5 Å². The number of anilines is 3. The lowest BCUT2D eigenvalue weighted by Gasteiger charge is -2.17. The van der Waals surface area contributed by atoms with E-state index in [0.29, 0.717) is 17.5 Å². The molecule has 1 aromatic heterocycles. The van der Waals surface area contributed by atoms with Crippen LogP contribution >= 0.6 is 0 Å². The van der Waals surface area contributed by atoms with Crippen LogP contribution in [0.3, 0.4) is 0 Å². The second kappa shape index (κ2) is 7.93. The lowest BCUT2D eigenvalue weighted by atomic mass is 10.1. The highest BCUT2D eigenvalue weighted by Gasteiger charge is 2.12. The number of nitrogens with zero attached hydrogens (tertiary/aromatic N) is 3. The molecule has 0 amide bonds. The third kappa shape index (κ3) is 4.14. The molecule has 4 rings (SSSR count). The lowest BCUT2D eigenvalue weighted by molar-refractivity contribution is -0.384. The summed E-state index contributed by atoms with van der Waals surface area (Å²) >= 11 is 0. The molecule has 0 radical (unpaired) electrons. The number of para-hydroxylation sites is 1. The summed E-state index contributed by atoms with van der Waals surface area (Å²) in [5.74, 6) is 1.06. The van der Waals surface area contributed by atoms with Gasteiger partial charge in [0.15, 0.2) is 0 Å². The number of nitro groups is 1. The van der Waals surface area contributed by atoms with Gasteiger partial charge in [-0.3, -0.25) is 10.1 Å². The highest BCUT2D eigenvalue weighted by atomic mass is 16.6. The zero-order valence-electron chi connectivity index (χ0n) is 15.7. The molecule has 29 heavy (non-hydrogen) atoms. The highest BCUT2D eigenvalue weighted by Crippen LogP contribution is 2.27. The van der Waals surface area contributed by atoms with Gasteiger partial charge in [-0.05, 0) is 30.7 Å². The fourth-order valence-electron chi connectivity index (χ4n) is 3.10. The smallest absolute Gasteiger partial charge is 0.271 e. The molecule has 0 spiro atoms. The molecule has 1 heterocycles. The summed E-state index contributed by atoms with van der Waals surface area (Å²) < 4.78 is 0. The molecule has 3 aromatic carbocycles. The number of hydrogen-bond acceptors (Lipinski definition) is 6. The second-order valence-electron chi connectivity index (χ2n) is 6.62. The predicted octanol–water partition coefficient (Wildman–Crippen LogP) is 5.45. The van der Waals surface area contributed by atoms with E-state index in [1.807, 2.05) is 42.5 Å². The van der Waals surface area contributed by atoms with E-state index in [0.717, 1.165) is 16.5 Å². The van der Waals surface area contributed by atoms with Gasteiger partial charge >= 0.3 is 0 Å². The lowest BCUT2D eigenvalue weighted by Crippen LogP contribution is -2.10. The fraction of sp³-hybridized carbons (Fsp3) is 0.0909. The first-order valence-electron chi connectivity index (χ1n) is 9.20. The summed E-state index contributed by atoms with van der Waals surface area (Å²) in [6.07, 6.45) is 0. The van der Waals surface area contributed by atoms with Crippen molar-refractivity contribution in [2.24, 2.45) is 0 Å². The molecule has 1 unspecified atom stereocenters. The highest BCUT2D eigenvalue weighted by molar-refractivity contribution is 5.90. The molecule has 1 atom stereocenters. The van der Waals surface area contributed by atoms with Gasteiger partial charge in [0.1, 0.15) is 5.82 Å². The van der Waals surface area contributed by atoms with Crippen molar-refractivity contribution in [1.82, 2.24) is 9.97 Å². The van der Waals surface area contributed by atoms with Gasteiger partial charge in [-0.15, -0.1) is 0 Å². The molecule has 0 aliphatic carbocycles. The molecule has 0 saturated carbocycles. The Morgan fingerprint density at radius 3 is 2.48 bits per heavy atom. The standard InChI is InChI=1S/C22H19N5O2/c1-15(16-8-3-2-4-9-16)23-21-19-12-5-6-13-20(19)25-22(26-21)24-17-10-7-11-18(14-17)27(28)29/h2-15H,1H3,(H2,23,24,25,26). The van der Waals surface area contributed by atoms with Crippen LogP contribution in [0.2, 0.25) is 0 Å². The number of non-ortho nitro benzene ring substituents is 1. The Balaban J connectivity index is 1.69. The van der Waals surface area contributed by atoms with E-state index in [4.69, 9.17) is 0 Å². The van der Waals surface area contributed by atoms with E-state index in [1.165, 1.54) is 12.1 Å². The number of rotatable bonds is 6. The molecule has 0 fully saturated rings. The molecule has 0 aliphatic heterocycles. The largest absolute Gasteiger partial charge is 0.363 e. The molecular weight excluding hydrogens is 366 g/mol. The maximum Gasteiger partial charge on any atom is 0.271 e. The van der Waals surface area contributed by atoms with Crippen molar-refractivity contribution in [3.8, 4) is 0 Å². The average Bonchev–Trinajstić information content (AvgIpc) is 2.74. The summed E-state index contributed by atoms with van der Waals surface area (Å²) in [7, 11) is 0. The van der Waals surface area contributed by atoms with Crippen molar-refractivity contribution in [3.05, 3.63) is 94.5 Å². The molecule has 7 heteroatoms. The topological polar surface area (TPSA) is 93.0 Å². The number of nitro benzene ring substituents is 1. The van der Waals surface area contributed by atoms with Crippen LogP contribution in [0.15, 0.2) is 78.9 Å². The Morgan fingerprint density at radius 1 is 0.931 bits per heavy atom. The Morgan fingerprint density at radius 2 is 1.69 bits per heavy atom. The number of aromatic nitrogens is 2. The van der Waals surface area contributed by atoms with E-state index in [-0.39, 0.29) is 11.7 Å². The monoisotopic (exact) mass is 385 g/mol. The minimum absolute atomic E-state index is 0.00633. The normalized spacial score (nSPS) is 11.8. The fourth-order valence-corrected chi connectivity index (χ4v) is 3.10. The van der Waals surface area contributed by atoms with E-state index in [2.05, 4.69) is 39.7 Å². The summed E-state index contributed by atoms with van der Waals surface area (Å²) in [6.45, 7) is 2.07. The van der Waals surface area contributed by atoms with Crippen LogP contribution in [0.1, 0.15) is 18.5 Å². The third-order valence-corrected chi connectivity index (χ3v) is 4.57. The van der Waals surface area contributed by atoms with Gasteiger partial charge in [0.2, 0.25) is 5.95 Å². The molecule has 0 aliphatic rings. The molecule has 7 nitrogen and oxygen atoms in total. The molecular formula is C22H19N5O2. The molecule has 4 aromatic rings. The second-order valence-corrected chi connectivity index (χ2v) is 6.62. The Kier molecular flexibility index (Phi) is 5.03. The molecule has 0 bridgehead atoms. The van der Waals surface area contributed by atoms with Crippen molar-refractivity contribution in [2.45, 2.75) is 13.0 Å². The van der Waals surface area contributed by atoms with Crippen LogP contribution in [0.5, 0.6) is 0 Å². The third-order valence-electron chi connectivity index (χ3n) is 4.57. The summed E-state index contributed by atoms with van der Waals surface area (Å²) in [5.41, 5.74) is 2.48. The summed E-state index contributed by atoms with van der Waals surface area (Å²) in [6, 6.07) is 24.1. The van der Waals surface area contributed by atoms with Gasteiger partial charge in [-0.25, -0.2) is 4.98 Å². The first-order chi connectivity index (χ1) is 14.1. The first kappa shape index (κ1) is 18.4. The Labute approximate surface area is 167 Å². The molecule has 0 saturated heterocycles. The average molecular weight is 385 g/mol. The minimum Gasteiger partial charge on any atom is -0.363 e. The van der Waals surface area contributed by atoms with Crippen LogP contribution in [-0.2, 0) is 0 Å². The van der Waals surface area contributed by atoms with E-state index in [1.54, 1.807) is 12.1 Å². The van der Waals surface area contributed by atoms with Crippen molar-refractivity contribution >= 4 is 34.0 Å². The van der Waals surface area contributed by atoms with Gasteiger partial charge in [0, 0.05) is 29.2 Å². The zero-order valence-corrected chi connectivity index (χ0v) is 15.7. The van der Waals surface area contributed by atoms with Crippen molar-refractivity contribution in [1.29, 1.82) is 0 Å². The summed E-state index contributed by atoms with van der Waals surface area (Å²) in [5, 5.41) is 18.5. The van der Waals surface area contributed by atoms with Gasteiger partial charge < -0.3 is 10.6 Å². The van der Waals surface area contributed by atoms with Crippen molar-refractivity contribution in [3.63, 3.8) is 0 Å².